The molecule has 0 aliphatic heterocycles. The van der Waals surface area contributed by atoms with Gasteiger partial charge in [0, 0.05) is 6.04 Å². The molecule has 0 heterocycles. The van der Waals surface area contributed by atoms with Gasteiger partial charge in [-0.15, -0.1) is 0 Å². The SMILES string of the molecule is CC(Cc1ccc(O)cc1)NCC(=O)OC(C)(C)C. The minimum atomic E-state index is -0.445. The van der Waals surface area contributed by atoms with Gasteiger partial charge in [0.1, 0.15) is 11.4 Å². The van der Waals surface area contributed by atoms with Gasteiger partial charge in [0.05, 0.1) is 6.54 Å². The standard InChI is InChI=1S/C15H23NO3/c1-11(9-12-5-7-13(17)8-6-12)16-10-14(18)19-15(2,3)4/h5-8,11,16-17H,9-10H2,1-4H3. The van der Waals surface area contributed by atoms with Crippen LogP contribution in [-0.2, 0) is 16.0 Å². The number of aromatic hydroxyl groups is 1. The van der Waals surface area contributed by atoms with Crippen molar-refractivity contribution in [2.24, 2.45) is 0 Å². The summed E-state index contributed by atoms with van der Waals surface area (Å²) in [4.78, 5) is 11.5. The first-order valence-electron chi connectivity index (χ1n) is 6.49. The van der Waals surface area contributed by atoms with Crippen molar-refractivity contribution in [3.05, 3.63) is 29.8 Å². The number of phenols is 1. The van der Waals surface area contributed by atoms with Crippen molar-refractivity contribution in [1.82, 2.24) is 5.32 Å². The molecule has 1 aromatic rings. The molecule has 0 saturated heterocycles. The van der Waals surface area contributed by atoms with Crippen molar-refractivity contribution in [1.29, 1.82) is 0 Å². The summed E-state index contributed by atoms with van der Waals surface area (Å²) in [7, 11) is 0. The average molecular weight is 265 g/mol. The first-order valence-corrected chi connectivity index (χ1v) is 6.49. The molecule has 1 atom stereocenters. The van der Waals surface area contributed by atoms with Gasteiger partial charge in [-0.2, -0.15) is 0 Å². The lowest BCUT2D eigenvalue weighted by atomic mass is 10.1. The number of esters is 1. The van der Waals surface area contributed by atoms with Gasteiger partial charge in [0.25, 0.3) is 0 Å². The van der Waals surface area contributed by atoms with E-state index in [-0.39, 0.29) is 24.3 Å². The zero-order valence-electron chi connectivity index (χ0n) is 12.1. The van der Waals surface area contributed by atoms with Gasteiger partial charge in [-0.3, -0.25) is 4.79 Å². The number of hydrogen-bond acceptors (Lipinski definition) is 4. The van der Waals surface area contributed by atoms with Crippen LogP contribution in [0.15, 0.2) is 24.3 Å². The van der Waals surface area contributed by atoms with E-state index in [1.165, 1.54) is 0 Å². The molecule has 0 aromatic heterocycles. The second-order valence-corrected chi connectivity index (χ2v) is 5.74. The van der Waals surface area contributed by atoms with E-state index in [0.717, 1.165) is 12.0 Å². The third-order valence-corrected chi connectivity index (χ3v) is 2.49. The fourth-order valence-electron chi connectivity index (χ4n) is 1.69. The molecule has 106 valence electrons. The van der Waals surface area contributed by atoms with Crippen LogP contribution >= 0.6 is 0 Å². The van der Waals surface area contributed by atoms with Crippen LogP contribution < -0.4 is 5.32 Å². The highest BCUT2D eigenvalue weighted by atomic mass is 16.6. The van der Waals surface area contributed by atoms with Crippen LogP contribution in [0.4, 0.5) is 0 Å². The molecule has 19 heavy (non-hydrogen) atoms. The number of nitrogens with one attached hydrogen (secondary N) is 1. The van der Waals surface area contributed by atoms with E-state index in [2.05, 4.69) is 5.32 Å². The molecule has 4 heteroatoms. The highest BCUT2D eigenvalue weighted by molar-refractivity contribution is 5.72. The quantitative estimate of drug-likeness (QED) is 0.802. The second kappa shape index (κ2) is 6.57. The van der Waals surface area contributed by atoms with Crippen LogP contribution in [0.2, 0.25) is 0 Å². The van der Waals surface area contributed by atoms with Crippen LogP contribution in [0.5, 0.6) is 5.75 Å². The van der Waals surface area contributed by atoms with E-state index in [4.69, 9.17) is 4.74 Å². The Kier molecular flexibility index (Phi) is 5.36. The Balaban J connectivity index is 2.33. The number of carbonyl (C=O) groups excluding carboxylic acids is 1. The number of phenolic OH excluding ortho intramolecular Hbond substituents is 1. The molecular formula is C15H23NO3. The third-order valence-electron chi connectivity index (χ3n) is 2.49. The smallest absolute Gasteiger partial charge is 0.320 e. The minimum absolute atomic E-state index is 0.164. The fourth-order valence-corrected chi connectivity index (χ4v) is 1.69. The highest BCUT2D eigenvalue weighted by Crippen LogP contribution is 2.11. The summed E-state index contributed by atoms with van der Waals surface area (Å²) in [5.41, 5.74) is 0.667. The lowest BCUT2D eigenvalue weighted by Crippen LogP contribution is -2.36. The highest BCUT2D eigenvalue weighted by Gasteiger charge is 2.16. The van der Waals surface area contributed by atoms with Crippen molar-refractivity contribution in [2.75, 3.05) is 6.54 Å². The van der Waals surface area contributed by atoms with Crippen molar-refractivity contribution in [2.45, 2.75) is 45.8 Å². The first-order chi connectivity index (χ1) is 8.76. The van der Waals surface area contributed by atoms with E-state index >= 15 is 0 Å². The normalized spacial score (nSPS) is 13.1. The maximum Gasteiger partial charge on any atom is 0.320 e. The van der Waals surface area contributed by atoms with E-state index < -0.39 is 5.60 Å². The zero-order chi connectivity index (χ0) is 14.5. The van der Waals surface area contributed by atoms with Crippen molar-refractivity contribution in [3.8, 4) is 5.75 Å². The Hall–Kier alpha value is -1.55. The predicted molar refractivity (Wildman–Crippen MR) is 75.1 cm³/mol. The summed E-state index contributed by atoms with van der Waals surface area (Å²) in [5.74, 6) is 0.0168. The molecule has 0 bridgehead atoms. The number of benzene rings is 1. The first kappa shape index (κ1) is 15.5. The molecule has 1 aromatic carbocycles. The molecule has 1 rings (SSSR count). The monoisotopic (exact) mass is 265 g/mol. The second-order valence-electron chi connectivity index (χ2n) is 5.74. The third kappa shape index (κ3) is 6.82. The minimum Gasteiger partial charge on any atom is -0.508 e. The molecule has 0 aliphatic carbocycles. The lowest BCUT2D eigenvalue weighted by molar-refractivity contribution is -0.153. The van der Waals surface area contributed by atoms with Crippen molar-refractivity contribution >= 4 is 5.97 Å². The van der Waals surface area contributed by atoms with Crippen LogP contribution in [0.1, 0.15) is 33.3 Å². The Morgan fingerprint density at radius 3 is 2.42 bits per heavy atom. The molecule has 0 saturated carbocycles. The van der Waals surface area contributed by atoms with Crippen molar-refractivity contribution < 1.29 is 14.6 Å². The van der Waals surface area contributed by atoms with Gasteiger partial charge in [-0.05, 0) is 51.8 Å². The van der Waals surface area contributed by atoms with Crippen molar-refractivity contribution in [3.63, 3.8) is 0 Å². The Morgan fingerprint density at radius 2 is 1.89 bits per heavy atom. The molecule has 0 aliphatic rings. The largest absolute Gasteiger partial charge is 0.508 e. The van der Waals surface area contributed by atoms with Gasteiger partial charge >= 0.3 is 5.97 Å². The summed E-state index contributed by atoms with van der Waals surface area (Å²) in [5, 5.41) is 12.3. The van der Waals surface area contributed by atoms with Gasteiger partial charge < -0.3 is 15.2 Å². The van der Waals surface area contributed by atoms with Gasteiger partial charge in [0.15, 0.2) is 0 Å². The van der Waals surface area contributed by atoms with Crippen LogP contribution in [0.25, 0.3) is 0 Å². The van der Waals surface area contributed by atoms with Crippen LogP contribution in [0, 0.1) is 0 Å². The van der Waals surface area contributed by atoms with E-state index in [1.54, 1.807) is 12.1 Å². The van der Waals surface area contributed by atoms with E-state index in [1.807, 2.05) is 39.8 Å². The summed E-state index contributed by atoms with van der Waals surface area (Å²) in [6, 6.07) is 7.24. The molecule has 0 fully saturated rings. The molecule has 0 radical (unpaired) electrons. The predicted octanol–water partition coefficient (Wildman–Crippen LogP) is 2.25. The molecular weight excluding hydrogens is 242 g/mol. The maximum atomic E-state index is 11.5. The van der Waals surface area contributed by atoms with Crippen LogP contribution in [-0.4, -0.2) is 29.3 Å². The Bertz CT molecular complexity index is 406. The van der Waals surface area contributed by atoms with Crippen LogP contribution in [0.3, 0.4) is 0 Å². The summed E-state index contributed by atoms with van der Waals surface area (Å²) >= 11 is 0. The number of ether oxygens (including phenoxy) is 1. The number of rotatable bonds is 5. The molecule has 0 spiro atoms. The van der Waals surface area contributed by atoms with E-state index in [0.29, 0.717) is 0 Å². The Labute approximate surface area is 114 Å². The number of carbonyl (C=O) groups is 1. The topological polar surface area (TPSA) is 58.6 Å². The molecule has 0 amide bonds. The van der Waals surface area contributed by atoms with Gasteiger partial charge in [-0.1, -0.05) is 12.1 Å². The van der Waals surface area contributed by atoms with Gasteiger partial charge in [-0.25, -0.2) is 0 Å². The Morgan fingerprint density at radius 1 is 1.32 bits per heavy atom. The number of hydrogen-bond donors (Lipinski definition) is 2. The van der Waals surface area contributed by atoms with E-state index in [9.17, 15) is 9.90 Å². The zero-order valence-corrected chi connectivity index (χ0v) is 12.1. The lowest BCUT2D eigenvalue weighted by Gasteiger charge is -2.20. The molecule has 4 nitrogen and oxygen atoms in total. The fraction of sp³-hybridized carbons (Fsp3) is 0.533. The summed E-state index contributed by atoms with van der Waals surface area (Å²) in [6.45, 7) is 7.77. The summed E-state index contributed by atoms with van der Waals surface area (Å²) < 4.78 is 5.22. The maximum absolute atomic E-state index is 11.5. The molecule has 2 N–H and O–H groups in total. The van der Waals surface area contributed by atoms with Gasteiger partial charge in [0.2, 0.25) is 0 Å². The molecule has 1 unspecified atom stereocenters. The average Bonchev–Trinajstić information content (AvgIpc) is 2.27. The summed E-state index contributed by atoms with van der Waals surface area (Å²) in [6.07, 6.45) is 0.795.